The van der Waals surface area contributed by atoms with Gasteiger partial charge in [0, 0.05) is 0 Å². The van der Waals surface area contributed by atoms with E-state index in [1.165, 1.54) is 0 Å². The Bertz CT molecular complexity index is 359. The summed E-state index contributed by atoms with van der Waals surface area (Å²) in [4.78, 5) is 0. The summed E-state index contributed by atoms with van der Waals surface area (Å²) in [5.41, 5.74) is -2.48. The van der Waals surface area contributed by atoms with Crippen molar-refractivity contribution in [2.75, 3.05) is 0 Å². The van der Waals surface area contributed by atoms with Crippen molar-refractivity contribution >= 4 is 13.3 Å². The number of hydrogen-bond donors (Lipinski definition) is 0. The van der Waals surface area contributed by atoms with E-state index < -0.39 is 31.6 Å². The lowest BCUT2D eigenvalue weighted by molar-refractivity contribution is -0.142. The van der Waals surface area contributed by atoms with Crippen LogP contribution in [0.5, 0.6) is 0 Å². The predicted octanol–water partition coefficient (Wildman–Crippen LogP) is 4.27. The molecular formula is C11H12F6Si. The maximum absolute atomic E-state index is 12.6. The van der Waals surface area contributed by atoms with Crippen LogP contribution in [0, 0.1) is 0 Å². The Morgan fingerprint density at radius 2 is 1.06 bits per heavy atom. The van der Waals surface area contributed by atoms with Crippen molar-refractivity contribution in [2.45, 2.75) is 32.0 Å². The smallest absolute Gasteiger partial charge is 0.166 e. The molecule has 0 atom stereocenters. The fourth-order valence-corrected chi connectivity index (χ4v) is 2.56. The largest absolute Gasteiger partial charge is 0.416 e. The van der Waals surface area contributed by atoms with Crippen LogP contribution in [0.3, 0.4) is 0 Å². The summed E-state index contributed by atoms with van der Waals surface area (Å²) in [6, 6.07) is 1.80. The highest BCUT2D eigenvalue weighted by Gasteiger charge is 2.38. The minimum Gasteiger partial charge on any atom is -0.166 e. The van der Waals surface area contributed by atoms with Gasteiger partial charge in [-0.3, -0.25) is 0 Å². The van der Waals surface area contributed by atoms with Crippen LogP contribution >= 0.6 is 0 Å². The van der Waals surface area contributed by atoms with E-state index in [0.717, 1.165) is 12.1 Å². The first-order valence-corrected chi connectivity index (χ1v) is 8.62. The normalized spacial score (nSPS) is 13.8. The topological polar surface area (TPSA) is 0 Å². The minimum absolute atomic E-state index is 0.143. The highest BCUT2D eigenvalue weighted by Crippen LogP contribution is 2.35. The van der Waals surface area contributed by atoms with E-state index in [2.05, 4.69) is 0 Å². The molecule has 18 heavy (non-hydrogen) atoms. The van der Waals surface area contributed by atoms with Crippen LogP contribution in [-0.2, 0) is 12.4 Å². The summed E-state index contributed by atoms with van der Waals surface area (Å²) in [5, 5.41) is 0.143. The van der Waals surface area contributed by atoms with Gasteiger partial charge in [-0.15, -0.1) is 0 Å². The van der Waals surface area contributed by atoms with Crippen LogP contribution in [-0.4, -0.2) is 8.07 Å². The molecule has 1 aromatic carbocycles. The Hall–Kier alpha value is -0.983. The molecule has 0 bridgehead atoms. The fourth-order valence-electron chi connectivity index (χ4n) is 1.39. The summed E-state index contributed by atoms with van der Waals surface area (Å²) >= 11 is 0. The molecule has 0 aliphatic carbocycles. The Kier molecular flexibility index (Phi) is 3.59. The quantitative estimate of drug-likeness (QED) is 0.534. The third-order valence-electron chi connectivity index (χ3n) is 2.45. The van der Waals surface area contributed by atoms with Gasteiger partial charge >= 0.3 is 12.4 Å². The van der Waals surface area contributed by atoms with Crippen LogP contribution in [0.1, 0.15) is 11.1 Å². The zero-order chi connectivity index (χ0) is 14.4. The molecule has 0 aliphatic rings. The molecule has 0 amide bonds. The van der Waals surface area contributed by atoms with Crippen molar-refractivity contribution in [3.05, 3.63) is 29.3 Å². The molecule has 1 rings (SSSR count). The molecule has 0 saturated carbocycles. The predicted molar refractivity (Wildman–Crippen MR) is 59.4 cm³/mol. The van der Waals surface area contributed by atoms with Crippen molar-refractivity contribution in [3.8, 4) is 0 Å². The molecule has 0 N–H and O–H groups in total. The van der Waals surface area contributed by atoms with Gasteiger partial charge in [-0.05, 0) is 6.07 Å². The Morgan fingerprint density at radius 1 is 0.722 bits per heavy atom. The van der Waals surface area contributed by atoms with E-state index in [0.29, 0.717) is 0 Å². The first-order chi connectivity index (χ1) is 7.82. The number of halogens is 6. The van der Waals surface area contributed by atoms with Crippen molar-refractivity contribution in [1.82, 2.24) is 0 Å². The summed E-state index contributed by atoms with van der Waals surface area (Å²) in [6.45, 7) is 5.09. The van der Waals surface area contributed by atoms with E-state index in [1.54, 1.807) is 19.6 Å². The second-order valence-electron chi connectivity index (χ2n) is 5.04. The Morgan fingerprint density at radius 3 is 1.28 bits per heavy atom. The van der Waals surface area contributed by atoms with E-state index in [9.17, 15) is 26.3 Å². The highest BCUT2D eigenvalue weighted by atomic mass is 28.3. The summed E-state index contributed by atoms with van der Waals surface area (Å²) in [6.07, 6.45) is -9.54. The second kappa shape index (κ2) is 4.29. The molecule has 0 radical (unpaired) electrons. The second-order valence-corrected chi connectivity index (χ2v) is 10.1. The van der Waals surface area contributed by atoms with Crippen LogP contribution < -0.4 is 5.19 Å². The maximum atomic E-state index is 12.6. The van der Waals surface area contributed by atoms with E-state index in [-0.39, 0.29) is 11.3 Å². The van der Waals surface area contributed by atoms with E-state index >= 15 is 0 Å². The van der Waals surface area contributed by atoms with Crippen molar-refractivity contribution in [2.24, 2.45) is 0 Å². The van der Waals surface area contributed by atoms with Crippen molar-refractivity contribution in [3.63, 3.8) is 0 Å². The number of rotatable bonds is 1. The monoisotopic (exact) mass is 286 g/mol. The third kappa shape index (κ3) is 3.50. The van der Waals surface area contributed by atoms with E-state index in [1.807, 2.05) is 0 Å². The van der Waals surface area contributed by atoms with Crippen molar-refractivity contribution in [1.29, 1.82) is 0 Å². The molecule has 0 spiro atoms. The summed E-state index contributed by atoms with van der Waals surface area (Å²) in [7, 11) is -2.25. The molecule has 0 nitrogen and oxygen atoms in total. The number of alkyl halides is 6. The Balaban J connectivity index is 3.49. The van der Waals surface area contributed by atoms with E-state index in [4.69, 9.17) is 0 Å². The number of hydrogen-bond acceptors (Lipinski definition) is 0. The molecule has 0 heterocycles. The van der Waals surface area contributed by atoms with Gasteiger partial charge in [0.25, 0.3) is 0 Å². The third-order valence-corrected chi connectivity index (χ3v) is 4.47. The van der Waals surface area contributed by atoms with Gasteiger partial charge in [-0.1, -0.05) is 37.0 Å². The molecule has 0 aliphatic heterocycles. The van der Waals surface area contributed by atoms with Crippen LogP contribution in [0.4, 0.5) is 26.3 Å². The van der Waals surface area contributed by atoms with Gasteiger partial charge in [-0.2, -0.15) is 26.3 Å². The molecular weight excluding hydrogens is 274 g/mol. The summed E-state index contributed by atoms with van der Waals surface area (Å²) < 4.78 is 75.4. The lowest BCUT2D eigenvalue weighted by Crippen LogP contribution is -2.39. The van der Waals surface area contributed by atoms with Crippen LogP contribution in [0.2, 0.25) is 19.6 Å². The van der Waals surface area contributed by atoms with Crippen LogP contribution in [0.25, 0.3) is 0 Å². The lowest BCUT2D eigenvalue weighted by atomic mass is 10.1. The Labute approximate surface area is 102 Å². The SMILES string of the molecule is C[Si](C)(C)c1cc(C(F)(F)F)cc(C(F)(F)F)c1. The van der Waals surface area contributed by atoms with Gasteiger partial charge in [0.2, 0.25) is 0 Å². The highest BCUT2D eigenvalue weighted by molar-refractivity contribution is 6.88. The molecule has 1 aromatic rings. The van der Waals surface area contributed by atoms with Gasteiger partial charge in [-0.25, -0.2) is 0 Å². The van der Waals surface area contributed by atoms with Crippen LogP contribution in [0.15, 0.2) is 18.2 Å². The standard InChI is InChI=1S/C11H12F6Si/c1-18(2,3)9-5-7(10(12,13)14)4-8(6-9)11(15,16)17/h4-6H,1-3H3. The fraction of sp³-hybridized carbons (Fsp3) is 0.455. The maximum Gasteiger partial charge on any atom is 0.416 e. The molecule has 0 saturated heterocycles. The molecule has 0 unspecified atom stereocenters. The van der Waals surface area contributed by atoms with Gasteiger partial charge in [0.15, 0.2) is 0 Å². The average Bonchev–Trinajstić information content (AvgIpc) is 2.13. The zero-order valence-corrected chi connectivity index (χ0v) is 11.0. The van der Waals surface area contributed by atoms with Crippen molar-refractivity contribution < 1.29 is 26.3 Å². The lowest BCUT2D eigenvalue weighted by Gasteiger charge is -2.21. The molecule has 102 valence electrons. The number of benzene rings is 1. The first kappa shape index (κ1) is 15.1. The van der Waals surface area contributed by atoms with Gasteiger partial charge in [0.05, 0.1) is 19.2 Å². The first-order valence-electron chi connectivity index (χ1n) is 5.12. The summed E-state index contributed by atoms with van der Waals surface area (Å²) in [5.74, 6) is 0. The minimum atomic E-state index is -4.77. The molecule has 0 fully saturated rings. The molecule has 0 aromatic heterocycles. The average molecular weight is 286 g/mol. The molecule has 7 heteroatoms. The van der Waals surface area contributed by atoms with Gasteiger partial charge in [0.1, 0.15) is 0 Å². The zero-order valence-electron chi connectivity index (χ0n) is 10.00. The van der Waals surface area contributed by atoms with Gasteiger partial charge < -0.3 is 0 Å².